The lowest BCUT2D eigenvalue weighted by Crippen LogP contribution is -2.50. The van der Waals surface area contributed by atoms with Crippen LogP contribution in [0.15, 0.2) is 24.3 Å². The molecular weight excluding hydrogens is 630 g/mol. The Kier molecular flexibility index (Phi) is 8.20. The van der Waals surface area contributed by atoms with Gasteiger partial charge in [0, 0.05) is 29.0 Å². The molecule has 0 bridgehead atoms. The number of phenolic OH excluding ortho intramolecular Hbond substituents is 1. The smallest absolute Gasteiger partial charge is 0.319 e. The number of benzene rings is 2. The highest BCUT2D eigenvalue weighted by molar-refractivity contribution is 6.04. The van der Waals surface area contributed by atoms with Crippen molar-refractivity contribution in [3.63, 3.8) is 0 Å². The first-order valence-electron chi connectivity index (χ1n) is 16.0. The van der Waals surface area contributed by atoms with Crippen LogP contribution in [0.4, 0.5) is 23.4 Å². The van der Waals surface area contributed by atoms with Crippen LogP contribution in [0.1, 0.15) is 37.7 Å². The van der Waals surface area contributed by atoms with Gasteiger partial charge in [-0.3, -0.25) is 0 Å². The molecule has 48 heavy (non-hydrogen) atoms. The number of likely N-dealkylation sites (tertiary alicyclic amines) is 1. The Bertz CT molecular complexity index is 1950. The van der Waals surface area contributed by atoms with Crippen LogP contribution in [0.25, 0.3) is 32.9 Å². The van der Waals surface area contributed by atoms with Gasteiger partial charge in [0.25, 0.3) is 5.92 Å². The number of ether oxygens (including phenoxy) is 3. The Morgan fingerprint density at radius 3 is 2.71 bits per heavy atom. The van der Waals surface area contributed by atoms with Crippen molar-refractivity contribution in [3.05, 3.63) is 41.5 Å². The maximum absolute atomic E-state index is 17.0. The molecule has 0 amide bonds. The molecule has 4 aromatic rings. The second kappa shape index (κ2) is 12.2. The van der Waals surface area contributed by atoms with Crippen molar-refractivity contribution in [2.75, 3.05) is 58.5 Å². The molecule has 2 unspecified atom stereocenters. The zero-order valence-corrected chi connectivity index (χ0v) is 26.7. The molecule has 3 fully saturated rings. The largest absolute Gasteiger partial charge is 0.508 e. The fourth-order valence-corrected chi connectivity index (χ4v) is 7.84. The molecule has 2 aliphatic heterocycles. The number of terminal acetylenes is 1. The number of anilines is 1. The van der Waals surface area contributed by atoms with Crippen LogP contribution < -0.4 is 14.4 Å². The maximum Gasteiger partial charge on any atom is 0.319 e. The van der Waals surface area contributed by atoms with E-state index in [9.17, 15) is 18.3 Å². The van der Waals surface area contributed by atoms with Gasteiger partial charge in [-0.05, 0) is 62.9 Å². The van der Waals surface area contributed by atoms with Gasteiger partial charge in [0.2, 0.25) is 5.88 Å². The van der Waals surface area contributed by atoms with E-state index in [1.165, 1.54) is 30.2 Å². The molecule has 2 aromatic carbocycles. The molecule has 4 heterocycles. The minimum Gasteiger partial charge on any atom is -0.508 e. The Morgan fingerprint density at radius 2 is 1.92 bits per heavy atom. The monoisotopic (exact) mass is 665 g/mol. The SMILES string of the molecule is C#Cc1c(F)ccc2cc(O)cc(-c3nc(OC)c4c(N5CCOCC(F)(F)C5)nc(OCC56CCCC5N(C)CCC6)nc4c3F)c12. The Balaban J connectivity index is 1.44. The zero-order valence-electron chi connectivity index (χ0n) is 26.7. The fraction of sp³-hybridized carbons (Fsp3) is 0.457. The van der Waals surface area contributed by atoms with Gasteiger partial charge in [0.15, 0.2) is 5.82 Å². The number of alkyl halides is 2. The topological polar surface area (TPSA) is 93.1 Å². The van der Waals surface area contributed by atoms with Crippen molar-refractivity contribution >= 4 is 27.5 Å². The van der Waals surface area contributed by atoms with E-state index in [4.69, 9.17) is 20.6 Å². The number of phenols is 1. The third kappa shape index (κ3) is 5.50. The summed E-state index contributed by atoms with van der Waals surface area (Å²) in [5.74, 6) is -3.07. The van der Waals surface area contributed by atoms with Crippen LogP contribution in [0.2, 0.25) is 0 Å². The van der Waals surface area contributed by atoms with E-state index >= 15 is 4.39 Å². The first kappa shape index (κ1) is 32.2. The van der Waals surface area contributed by atoms with Crippen molar-refractivity contribution in [1.82, 2.24) is 19.9 Å². The van der Waals surface area contributed by atoms with Crippen LogP contribution in [0, 0.1) is 29.4 Å². The molecule has 1 N–H and O–H groups in total. The van der Waals surface area contributed by atoms with E-state index in [0.29, 0.717) is 11.4 Å². The summed E-state index contributed by atoms with van der Waals surface area (Å²) in [7, 11) is 3.40. The zero-order chi connectivity index (χ0) is 33.8. The van der Waals surface area contributed by atoms with Crippen LogP contribution >= 0.6 is 0 Å². The second-order valence-corrected chi connectivity index (χ2v) is 13.0. The number of piperidine rings is 1. The van der Waals surface area contributed by atoms with Crippen LogP contribution in [-0.4, -0.2) is 90.5 Å². The molecular formula is C35H35F4N5O4. The van der Waals surface area contributed by atoms with Gasteiger partial charge in [-0.25, -0.2) is 22.5 Å². The molecule has 9 nitrogen and oxygen atoms in total. The van der Waals surface area contributed by atoms with Crippen LogP contribution in [-0.2, 0) is 4.74 Å². The number of aromatic hydroxyl groups is 1. The quantitative estimate of drug-likeness (QED) is 0.199. The number of fused-ring (bicyclic) bond motifs is 3. The van der Waals surface area contributed by atoms with Gasteiger partial charge >= 0.3 is 6.01 Å². The van der Waals surface area contributed by atoms with E-state index < -0.39 is 30.7 Å². The Labute approximate surface area is 274 Å². The van der Waals surface area contributed by atoms with E-state index in [2.05, 4.69) is 32.8 Å². The second-order valence-electron chi connectivity index (χ2n) is 13.0. The van der Waals surface area contributed by atoms with Gasteiger partial charge in [0.1, 0.15) is 40.6 Å². The summed E-state index contributed by atoms with van der Waals surface area (Å²) < 4.78 is 78.7. The number of aromatic nitrogens is 3. The molecule has 7 rings (SSSR count). The van der Waals surface area contributed by atoms with Crippen molar-refractivity contribution in [3.8, 4) is 41.2 Å². The first-order chi connectivity index (χ1) is 23.0. The highest BCUT2D eigenvalue weighted by Gasteiger charge is 2.47. The van der Waals surface area contributed by atoms with E-state index in [0.717, 1.165) is 44.7 Å². The minimum atomic E-state index is -3.23. The highest BCUT2D eigenvalue weighted by Crippen LogP contribution is 2.48. The number of halogens is 4. The van der Waals surface area contributed by atoms with Gasteiger partial charge in [0.05, 0.1) is 32.4 Å². The number of methoxy groups -OCH3 is 1. The minimum absolute atomic E-state index is 0.00887. The average Bonchev–Trinajstić information content (AvgIpc) is 3.42. The number of hydrogen-bond acceptors (Lipinski definition) is 9. The fourth-order valence-electron chi connectivity index (χ4n) is 7.84. The van der Waals surface area contributed by atoms with Gasteiger partial charge < -0.3 is 29.1 Å². The number of nitrogens with zero attached hydrogens (tertiary/aromatic N) is 5. The Hall–Kier alpha value is -4.41. The van der Waals surface area contributed by atoms with Gasteiger partial charge in [-0.15, -0.1) is 6.42 Å². The van der Waals surface area contributed by atoms with Crippen LogP contribution in [0.3, 0.4) is 0 Å². The molecule has 2 atom stereocenters. The van der Waals surface area contributed by atoms with Crippen molar-refractivity contribution in [1.29, 1.82) is 0 Å². The van der Waals surface area contributed by atoms with Crippen molar-refractivity contribution in [2.45, 2.75) is 44.1 Å². The van der Waals surface area contributed by atoms with Crippen LogP contribution in [0.5, 0.6) is 17.6 Å². The molecule has 3 aliphatic rings. The molecule has 1 aliphatic carbocycles. The predicted octanol–water partition coefficient (Wildman–Crippen LogP) is 5.93. The van der Waals surface area contributed by atoms with Gasteiger partial charge in [-0.1, -0.05) is 18.4 Å². The predicted molar refractivity (Wildman–Crippen MR) is 172 cm³/mol. The lowest BCUT2D eigenvalue weighted by atomic mass is 9.76. The molecule has 0 radical (unpaired) electrons. The standard InChI is InChI=1S/C35H35F4N5O4/c1-4-22-24(36)9-8-20-15-21(45)16-23(26(20)22)29-28(37)30-27(32(40-29)46-3)31(44-13-14-47-19-35(38,39)17-44)42-33(41-30)48-18-34-10-5-7-25(34)43(2)12-6-11-34/h1,8-9,15-16,25,45H,5-7,10-14,17-19H2,2-3H3. The Morgan fingerprint density at radius 1 is 1.10 bits per heavy atom. The number of pyridine rings is 1. The normalized spacial score (nSPS) is 22.8. The average molecular weight is 666 g/mol. The van der Waals surface area contributed by atoms with E-state index in [-0.39, 0.29) is 81.7 Å². The molecule has 1 saturated carbocycles. The summed E-state index contributed by atoms with van der Waals surface area (Å²) >= 11 is 0. The molecule has 0 spiro atoms. The summed E-state index contributed by atoms with van der Waals surface area (Å²) in [4.78, 5) is 17.2. The van der Waals surface area contributed by atoms with E-state index in [1.54, 1.807) is 0 Å². The molecule has 13 heteroatoms. The summed E-state index contributed by atoms with van der Waals surface area (Å²) in [6, 6.07) is 5.30. The summed E-state index contributed by atoms with van der Waals surface area (Å²) in [5, 5.41) is 11.0. The lowest BCUT2D eigenvalue weighted by molar-refractivity contribution is -0.0564. The maximum atomic E-state index is 17.0. The molecule has 2 saturated heterocycles. The molecule has 252 valence electrons. The van der Waals surface area contributed by atoms with Crippen molar-refractivity contribution < 1.29 is 36.9 Å². The van der Waals surface area contributed by atoms with Gasteiger partial charge in [-0.2, -0.15) is 9.97 Å². The summed E-state index contributed by atoms with van der Waals surface area (Å²) in [6.07, 6.45) is 10.7. The van der Waals surface area contributed by atoms with Crippen molar-refractivity contribution in [2.24, 2.45) is 5.41 Å². The first-order valence-corrected chi connectivity index (χ1v) is 16.0. The number of hydrogen-bond donors (Lipinski definition) is 1. The highest BCUT2D eigenvalue weighted by atomic mass is 19.3. The molecule has 2 aromatic heterocycles. The third-order valence-corrected chi connectivity index (χ3v) is 9.96. The van der Waals surface area contributed by atoms with E-state index in [1.807, 2.05) is 0 Å². The number of rotatable bonds is 6. The summed E-state index contributed by atoms with van der Waals surface area (Å²) in [6.45, 7) is -0.286. The third-order valence-electron chi connectivity index (χ3n) is 9.96. The summed E-state index contributed by atoms with van der Waals surface area (Å²) in [5.41, 5.74) is -0.951. The lowest BCUT2D eigenvalue weighted by Gasteiger charge is -2.44.